The van der Waals surface area contributed by atoms with E-state index < -0.39 is 12.0 Å². The van der Waals surface area contributed by atoms with Crippen LogP contribution >= 0.6 is 11.6 Å². The van der Waals surface area contributed by atoms with Gasteiger partial charge in [-0.25, -0.2) is 9.97 Å². The van der Waals surface area contributed by atoms with Gasteiger partial charge in [0.1, 0.15) is 11.0 Å². The lowest BCUT2D eigenvalue weighted by molar-refractivity contribution is -0.144. The third-order valence-corrected chi connectivity index (χ3v) is 3.19. The fraction of sp³-hybridized carbons (Fsp3) is 0.636. The number of rotatable bonds is 3. The Balaban J connectivity index is 2.05. The summed E-state index contributed by atoms with van der Waals surface area (Å²) in [4.78, 5) is 6.61. The van der Waals surface area contributed by atoms with Crippen molar-refractivity contribution in [1.29, 1.82) is 0 Å². The molecule has 0 bridgehead atoms. The van der Waals surface area contributed by atoms with Crippen molar-refractivity contribution in [2.75, 3.05) is 11.9 Å². The second kappa shape index (κ2) is 5.30. The van der Waals surface area contributed by atoms with Gasteiger partial charge in [-0.3, -0.25) is 0 Å². The van der Waals surface area contributed by atoms with E-state index in [0.29, 0.717) is 12.5 Å². The van der Waals surface area contributed by atoms with Crippen LogP contribution in [0.15, 0.2) is 6.07 Å². The molecular formula is C11H13ClF3N3. The van der Waals surface area contributed by atoms with Crippen LogP contribution in [0, 0.1) is 5.92 Å². The van der Waals surface area contributed by atoms with Crippen molar-refractivity contribution in [1.82, 2.24) is 9.97 Å². The molecule has 1 aromatic rings. The van der Waals surface area contributed by atoms with Crippen molar-refractivity contribution in [2.45, 2.75) is 31.9 Å². The van der Waals surface area contributed by atoms with Crippen LogP contribution in [-0.4, -0.2) is 16.5 Å². The molecule has 0 atom stereocenters. The van der Waals surface area contributed by atoms with Gasteiger partial charge < -0.3 is 5.32 Å². The van der Waals surface area contributed by atoms with Crippen LogP contribution in [0.25, 0.3) is 0 Å². The van der Waals surface area contributed by atoms with E-state index in [1.54, 1.807) is 0 Å². The summed E-state index contributed by atoms with van der Waals surface area (Å²) in [5.74, 6) is -0.564. The molecule has 1 N–H and O–H groups in total. The second-order valence-corrected chi connectivity index (χ2v) is 4.82. The predicted molar refractivity (Wildman–Crippen MR) is 62.5 cm³/mol. The predicted octanol–water partition coefficient (Wildman–Crippen LogP) is 3.75. The number of nitrogens with zero attached hydrogens (tertiary/aromatic N) is 2. The standard InChI is InChI=1S/C11H13ClF3N3/c12-8-5-9(16-6-7-3-1-2-4-7)18-10(17-8)11(13,14)15/h5,7H,1-4,6H2,(H,16,17,18). The minimum Gasteiger partial charge on any atom is -0.370 e. The summed E-state index contributed by atoms with van der Waals surface area (Å²) in [6.45, 7) is 0.630. The van der Waals surface area contributed by atoms with Gasteiger partial charge in [-0.2, -0.15) is 13.2 Å². The zero-order valence-electron chi connectivity index (χ0n) is 9.60. The van der Waals surface area contributed by atoms with Crippen molar-refractivity contribution in [2.24, 2.45) is 5.92 Å². The van der Waals surface area contributed by atoms with Crippen molar-refractivity contribution in [3.63, 3.8) is 0 Å². The van der Waals surface area contributed by atoms with Crippen LogP contribution in [-0.2, 0) is 6.18 Å². The van der Waals surface area contributed by atoms with E-state index in [-0.39, 0.29) is 11.0 Å². The highest BCUT2D eigenvalue weighted by atomic mass is 35.5. The van der Waals surface area contributed by atoms with Gasteiger partial charge in [0.05, 0.1) is 0 Å². The van der Waals surface area contributed by atoms with Gasteiger partial charge in [0, 0.05) is 12.6 Å². The summed E-state index contributed by atoms with van der Waals surface area (Å²) in [6.07, 6.45) is 0.0138. The molecule has 1 heterocycles. The molecule has 18 heavy (non-hydrogen) atoms. The van der Waals surface area contributed by atoms with Crippen LogP contribution in [0.4, 0.5) is 19.0 Å². The molecule has 0 aliphatic heterocycles. The fourth-order valence-electron chi connectivity index (χ4n) is 2.10. The Morgan fingerprint density at radius 2 is 1.94 bits per heavy atom. The van der Waals surface area contributed by atoms with Crippen molar-refractivity contribution >= 4 is 17.4 Å². The van der Waals surface area contributed by atoms with Crippen LogP contribution in [0.5, 0.6) is 0 Å². The van der Waals surface area contributed by atoms with E-state index in [9.17, 15) is 13.2 Å². The first-order valence-electron chi connectivity index (χ1n) is 5.81. The van der Waals surface area contributed by atoms with E-state index in [2.05, 4.69) is 15.3 Å². The summed E-state index contributed by atoms with van der Waals surface area (Å²) in [5.41, 5.74) is 0. The lowest BCUT2D eigenvalue weighted by atomic mass is 10.1. The van der Waals surface area contributed by atoms with Gasteiger partial charge in [-0.15, -0.1) is 0 Å². The maximum absolute atomic E-state index is 12.5. The molecule has 0 amide bonds. The SMILES string of the molecule is FC(F)(F)c1nc(Cl)cc(NCC2CCCC2)n1. The lowest BCUT2D eigenvalue weighted by Crippen LogP contribution is -2.16. The number of hydrogen-bond acceptors (Lipinski definition) is 3. The number of alkyl halides is 3. The molecular weight excluding hydrogens is 267 g/mol. The number of aromatic nitrogens is 2. The third-order valence-electron chi connectivity index (χ3n) is 3.00. The Morgan fingerprint density at radius 3 is 2.56 bits per heavy atom. The van der Waals surface area contributed by atoms with E-state index in [1.807, 2.05) is 0 Å². The zero-order valence-corrected chi connectivity index (χ0v) is 10.4. The van der Waals surface area contributed by atoms with E-state index >= 15 is 0 Å². The van der Waals surface area contributed by atoms with Crippen molar-refractivity contribution < 1.29 is 13.2 Å². The van der Waals surface area contributed by atoms with E-state index in [1.165, 1.54) is 18.9 Å². The summed E-state index contributed by atoms with van der Waals surface area (Å²) in [7, 11) is 0. The minimum atomic E-state index is -4.57. The smallest absolute Gasteiger partial charge is 0.370 e. The average molecular weight is 280 g/mol. The molecule has 2 rings (SSSR count). The Morgan fingerprint density at radius 1 is 1.28 bits per heavy atom. The summed E-state index contributed by atoms with van der Waals surface area (Å²) >= 11 is 5.56. The lowest BCUT2D eigenvalue weighted by Gasteiger charge is -2.12. The number of halogens is 4. The maximum atomic E-state index is 12.5. The highest BCUT2D eigenvalue weighted by Crippen LogP contribution is 2.29. The van der Waals surface area contributed by atoms with Gasteiger partial charge in [-0.1, -0.05) is 24.4 Å². The number of nitrogens with one attached hydrogen (secondary N) is 1. The highest BCUT2D eigenvalue weighted by molar-refractivity contribution is 6.29. The molecule has 100 valence electrons. The maximum Gasteiger partial charge on any atom is 0.451 e. The number of anilines is 1. The Kier molecular flexibility index (Phi) is 3.94. The second-order valence-electron chi connectivity index (χ2n) is 4.43. The summed E-state index contributed by atoms with van der Waals surface area (Å²) < 4.78 is 37.4. The molecule has 1 aromatic heterocycles. The molecule has 0 spiro atoms. The van der Waals surface area contributed by atoms with Gasteiger partial charge in [0.25, 0.3) is 0 Å². The number of hydrogen-bond donors (Lipinski definition) is 1. The Hall–Kier alpha value is -1.04. The molecule has 1 aliphatic carbocycles. The van der Waals surface area contributed by atoms with Gasteiger partial charge in [-0.05, 0) is 18.8 Å². The van der Waals surface area contributed by atoms with Gasteiger partial charge in [0.2, 0.25) is 5.82 Å². The molecule has 0 unspecified atom stereocenters. The summed E-state index contributed by atoms with van der Waals surface area (Å²) in [5, 5.41) is 2.70. The molecule has 7 heteroatoms. The molecule has 0 aromatic carbocycles. The molecule has 1 fully saturated rings. The average Bonchev–Trinajstić information content (AvgIpc) is 2.77. The molecule has 0 saturated heterocycles. The van der Waals surface area contributed by atoms with Crippen LogP contribution in [0.3, 0.4) is 0 Å². The van der Waals surface area contributed by atoms with E-state index in [0.717, 1.165) is 12.8 Å². The molecule has 3 nitrogen and oxygen atoms in total. The van der Waals surface area contributed by atoms with E-state index in [4.69, 9.17) is 11.6 Å². The Labute approximate surface area is 108 Å². The summed E-state index contributed by atoms with van der Waals surface area (Å²) in [6, 6.07) is 1.31. The molecule has 1 aliphatic rings. The van der Waals surface area contributed by atoms with Crippen molar-refractivity contribution in [3.8, 4) is 0 Å². The van der Waals surface area contributed by atoms with Gasteiger partial charge >= 0.3 is 6.18 Å². The first-order chi connectivity index (χ1) is 8.45. The van der Waals surface area contributed by atoms with Crippen LogP contribution < -0.4 is 5.32 Å². The highest BCUT2D eigenvalue weighted by Gasteiger charge is 2.35. The first-order valence-corrected chi connectivity index (χ1v) is 6.18. The Bertz CT molecular complexity index is 416. The first kappa shape index (κ1) is 13.4. The topological polar surface area (TPSA) is 37.8 Å². The monoisotopic (exact) mass is 279 g/mol. The molecule has 1 saturated carbocycles. The van der Waals surface area contributed by atoms with Gasteiger partial charge in [0.15, 0.2) is 0 Å². The third kappa shape index (κ3) is 3.48. The fourth-order valence-corrected chi connectivity index (χ4v) is 2.28. The normalized spacial score (nSPS) is 17.1. The van der Waals surface area contributed by atoms with Crippen LogP contribution in [0.1, 0.15) is 31.5 Å². The zero-order chi connectivity index (χ0) is 13.2. The van der Waals surface area contributed by atoms with Crippen LogP contribution in [0.2, 0.25) is 5.15 Å². The minimum absolute atomic E-state index is 0.134. The molecule has 0 radical (unpaired) electrons. The quantitative estimate of drug-likeness (QED) is 0.856. The van der Waals surface area contributed by atoms with Crippen molar-refractivity contribution in [3.05, 3.63) is 17.0 Å². The largest absolute Gasteiger partial charge is 0.451 e.